The Balaban J connectivity index is 1.34. The molecule has 1 aromatic heterocycles. The first kappa shape index (κ1) is 16.0. The van der Waals surface area contributed by atoms with E-state index in [1.54, 1.807) is 6.92 Å². The van der Waals surface area contributed by atoms with Crippen LogP contribution in [0.25, 0.3) is 0 Å². The van der Waals surface area contributed by atoms with Crippen LogP contribution >= 0.6 is 0 Å². The van der Waals surface area contributed by atoms with Gasteiger partial charge in [0, 0.05) is 45.1 Å². The normalized spacial score (nSPS) is 27.7. The van der Waals surface area contributed by atoms with Crippen molar-refractivity contribution in [2.75, 3.05) is 32.8 Å². The number of hydrogen-bond donors (Lipinski definition) is 0. The lowest BCUT2D eigenvalue weighted by Gasteiger charge is -2.27. The predicted molar refractivity (Wildman–Crippen MR) is 86.3 cm³/mol. The summed E-state index contributed by atoms with van der Waals surface area (Å²) in [5.41, 5.74) is 0. The molecular weight excluding hydrogens is 308 g/mol. The lowest BCUT2D eigenvalue weighted by atomic mass is 10.1. The molecule has 0 aromatic carbocycles. The van der Waals surface area contributed by atoms with Gasteiger partial charge in [0.1, 0.15) is 0 Å². The fourth-order valence-corrected chi connectivity index (χ4v) is 3.80. The molecule has 3 heterocycles. The summed E-state index contributed by atoms with van der Waals surface area (Å²) in [6, 6.07) is 0.243. The average Bonchev–Trinajstić information content (AvgIpc) is 2.97. The Hall–Kier alpha value is -1.47. The average molecular weight is 334 g/mol. The van der Waals surface area contributed by atoms with Crippen LogP contribution < -0.4 is 0 Å². The first-order chi connectivity index (χ1) is 11.7. The van der Waals surface area contributed by atoms with Crippen molar-refractivity contribution in [1.82, 2.24) is 19.9 Å². The van der Waals surface area contributed by atoms with Gasteiger partial charge in [0.15, 0.2) is 5.82 Å². The summed E-state index contributed by atoms with van der Waals surface area (Å²) in [7, 11) is 0. The molecule has 2 atom stereocenters. The van der Waals surface area contributed by atoms with Crippen LogP contribution in [0.1, 0.15) is 50.2 Å². The number of aromatic nitrogens is 2. The molecule has 1 amide bonds. The second kappa shape index (κ2) is 6.80. The summed E-state index contributed by atoms with van der Waals surface area (Å²) in [5, 5.41) is 4.06. The number of amides is 1. The molecule has 0 N–H and O–H groups in total. The minimum absolute atomic E-state index is 0.0869. The molecule has 1 aromatic rings. The molecule has 0 spiro atoms. The Morgan fingerprint density at radius 2 is 2.21 bits per heavy atom. The number of likely N-dealkylation sites (tertiary alicyclic amines) is 1. The largest absolute Gasteiger partial charge is 0.381 e. The molecule has 24 heavy (non-hydrogen) atoms. The first-order valence-electron chi connectivity index (χ1n) is 9.09. The first-order valence-corrected chi connectivity index (χ1v) is 9.09. The molecule has 3 fully saturated rings. The number of hydrogen-bond acceptors (Lipinski definition) is 6. The van der Waals surface area contributed by atoms with Crippen molar-refractivity contribution in [1.29, 1.82) is 0 Å². The van der Waals surface area contributed by atoms with E-state index < -0.39 is 0 Å². The third-order valence-corrected chi connectivity index (χ3v) is 5.36. The monoisotopic (exact) mass is 334 g/mol. The Morgan fingerprint density at radius 1 is 1.33 bits per heavy atom. The number of ether oxygens (including phenoxy) is 1. The van der Waals surface area contributed by atoms with E-state index in [1.807, 2.05) is 4.90 Å². The van der Waals surface area contributed by atoms with E-state index >= 15 is 0 Å². The Labute approximate surface area is 142 Å². The lowest BCUT2D eigenvalue weighted by molar-refractivity contribution is -0.131. The van der Waals surface area contributed by atoms with Gasteiger partial charge in [0.05, 0.1) is 13.2 Å². The summed E-state index contributed by atoms with van der Waals surface area (Å²) in [6.45, 7) is 6.92. The van der Waals surface area contributed by atoms with E-state index in [0.29, 0.717) is 24.2 Å². The maximum absolute atomic E-state index is 12.1. The highest BCUT2D eigenvalue weighted by Crippen LogP contribution is 2.38. The zero-order valence-corrected chi connectivity index (χ0v) is 14.3. The molecule has 7 heteroatoms. The van der Waals surface area contributed by atoms with Gasteiger partial charge in [-0.25, -0.2) is 0 Å². The lowest BCUT2D eigenvalue weighted by Crippen LogP contribution is -2.41. The van der Waals surface area contributed by atoms with E-state index in [2.05, 4.69) is 15.0 Å². The molecular formula is C17H26N4O3. The molecule has 7 nitrogen and oxygen atoms in total. The molecule has 4 rings (SSSR count). The van der Waals surface area contributed by atoms with Gasteiger partial charge in [-0.2, -0.15) is 4.98 Å². The Morgan fingerprint density at radius 3 is 2.92 bits per heavy atom. The van der Waals surface area contributed by atoms with Crippen molar-refractivity contribution in [2.24, 2.45) is 5.92 Å². The van der Waals surface area contributed by atoms with Gasteiger partial charge >= 0.3 is 0 Å². The van der Waals surface area contributed by atoms with Gasteiger partial charge in [-0.15, -0.1) is 0 Å². The van der Waals surface area contributed by atoms with Crippen molar-refractivity contribution < 1.29 is 14.1 Å². The topological polar surface area (TPSA) is 71.7 Å². The number of nitrogens with zero attached hydrogens (tertiary/aromatic N) is 4. The van der Waals surface area contributed by atoms with Gasteiger partial charge < -0.3 is 19.1 Å². The third kappa shape index (κ3) is 3.62. The van der Waals surface area contributed by atoms with Crippen LogP contribution in [0, 0.1) is 5.92 Å². The number of rotatable bonds is 6. The second-order valence-corrected chi connectivity index (χ2v) is 7.40. The summed E-state index contributed by atoms with van der Waals surface area (Å²) >= 11 is 0. The van der Waals surface area contributed by atoms with Gasteiger partial charge in [-0.3, -0.25) is 4.79 Å². The van der Waals surface area contributed by atoms with Crippen LogP contribution in [0.15, 0.2) is 4.52 Å². The summed E-state index contributed by atoms with van der Waals surface area (Å²) in [6.07, 6.45) is 4.45. The molecule has 2 saturated heterocycles. The quantitative estimate of drug-likeness (QED) is 0.783. The van der Waals surface area contributed by atoms with Crippen LogP contribution in [0.2, 0.25) is 0 Å². The van der Waals surface area contributed by atoms with Gasteiger partial charge in [-0.1, -0.05) is 5.16 Å². The van der Waals surface area contributed by atoms with E-state index in [-0.39, 0.29) is 11.9 Å². The number of carbonyl (C=O) groups excluding carboxylic acids is 1. The standard InChI is InChI=1S/C17H26N4O3/c1-12(22)21(10-16-18-17(24-19-16)14-2-3-14)15-4-6-20(9-15)8-13-5-7-23-11-13/h13-15H,2-11H2,1H3/t13-,15+/m1/s1. The van der Waals surface area contributed by atoms with Crippen LogP contribution in [0.5, 0.6) is 0 Å². The SMILES string of the molecule is CC(=O)N(Cc1noc(C2CC2)n1)[C@H]1CCN(C[C@H]2CCOC2)C1. The van der Waals surface area contributed by atoms with Crippen LogP contribution in [0.4, 0.5) is 0 Å². The summed E-state index contributed by atoms with van der Waals surface area (Å²) < 4.78 is 10.8. The molecule has 132 valence electrons. The molecule has 2 aliphatic heterocycles. The number of carbonyl (C=O) groups is 1. The second-order valence-electron chi connectivity index (χ2n) is 7.40. The van der Waals surface area contributed by atoms with E-state index in [0.717, 1.165) is 64.4 Å². The summed E-state index contributed by atoms with van der Waals surface area (Å²) in [5.74, 6) is 2.56. The van der Waals surface area contributed by atoms with Crippen LogP contribution in [0.3, 0.4) is 0 Å². The molecule has 1 aliphatic carbocycles. The van der Waals surface area contributed by atoms with Gasteiger partial charge in [0.25, 0.3) is 0 Å². The van der Waals surface area contributed by atoms with Crippen LogP contribution in [-0.4, -0.2) is 64.7 Å². The Kier molecular flexibility index (Phi) is 4.54. The highest BCUT2D eigenvalue weighted by atomic mass is 16.5. The molecule has 3 aliphatic rings. The van der Waals surface area contributed by atoms with E-state index in [4.69, 9.17) is 9.26 Å². The van der Waals surface area contributed by atoms with Crippen molar-refractivity contribution in [3.8, 4) is 0 Å². The predicted octanol–water partition coefficient (Wildman–Crippen LogP) is 1.41. The maximum atomic E-state index is 12.1. The van der Waals surface area contributed by atoms with Crippen molar-refractivity contribution in [3.05, 3.63) is 11.7 Å². The Bertz CT molecular complexity index is 580. The smallest absolute Gasteiger partial charge is 0.229 e. The fourth-order valence-electron chi connectivity index (χ4n) is 3.80. The minimum Gasteiger partial charge on any atom is -0.381 e. The summed E-state index contributed by atoms with van der Waals surface area (Å²) in [4.78, 5) is 21.0. The van der Waals surface area contributed by atoms with Crippen molar-refractivity contribution in [3.63, 3.8) is 0 Å². The molecule has 0 bridgehead atoms. The molecule has 0 unspecified atom stereocenters. The third-order valence-electron chi connectivity index (χ3n) is 5.36. The van der Waals surface area contributed by atoms with Crippen molar-refractivity contribution >= 4 is 5.91 Å². The highest BCUT2D eigenvalue weighted by molar-refractivity contribution is 5.73. The van der Waals surface area contributed by atoms with Gasteiger partial charge in [-0.05, 0) is 31.6 Å². The minimum atomic E-state index is 0.0869. The zero-order chi connectivity index (χ0) is 16.5. The zero-order valence-electron chi connectivity index (χ0n) is 14.3. The van der Waals surface area contributed by atoms with Gasteiger partial charge in [0.2, 0.25) is 11.8 Å². The highest BCUT2D eigenvalue weighted by Gasteiger charge is 2.33. The van der Waals surface area contributed by atoms with E-state index in [9.17, 15) is 4.79 Å². The maximum Gasteiger partial charge on any atom is 0.229 e. The molecule has 0 radical (unpaired) electrons. The van der Waals surface area contributed by atoms with E-state index in [1.165, 1.54) is 0 Å². The fraction of sp³-hybridized carbons (Fsp3) is 0.824. The van der Waals surface area contributed by atoms with Crippen LogP contribution in [-0.2, 0) is 16.1 Å². The molecule has 1 saturated carbocycles. The van der Waals surface area contributed by atoms with Crippen molar-refractivity contribution in [2.45, 2.75) is 51.1 Å².